The number of rotatable bonds is 3. The Balaban J connectivity index is 2.05. The van der Waals surface area contributed by atoms with Crippen LogP contribution in [0, 0.1) is 0 Å². The smallest absolute Gasteiger partial charge is 0.160 e. The topological polar surface area (TPSA) is 76.4 Å². The van der Waals surface area contributed by atoms with E-state index in [0.717, 1.165) is 17.0 Å². The molecule has 0 amide bonds. The lowest BCUT2D eigenvalue weighted by atomic mass is 9.85. The van der Waals surface area contributed by atoms with E-state index in [9.17, 15) is 0 Å². The lowest BCUT2D eigenvalue weighted by molar-refractivity contribution is 0.267. The van der Waals surface area contributed by atoms with Crippen LogP contribution in [-0.4, -0.2) is 26.3 Å². The van der Waals surface area contributed by atoms with Crippen molar-refractivity contribution in [3.8, 4) is 0 Å². The summed E-state index contributed by atoms with van der Waals surface area (Å²) >= 11 is 0. The fraction of sp³-hybridized carbons (Fsp3) is 0.500. The van der Waals surface area contributed by atoms with Gasteiger partial charge in [0.1, 0.15) is 5.82 Å². The molecule has 17 heavy (non-hydrogen) atoms. The second-order valence-electron chi connectivity index (χ2n) is 4.67. The van der Waals surface area contributed by atoms with E-state index in [0.29, 0.717) is 5.92 Å². The summed E-state index contributed by atoms with van der Waals surface area (Å²) in [5, 5.41) is 17.5. The molecule has 0 aromatic carbocycles. The summed E-state index contributed by atoms with van der Waals surface area (Å²) in [5.41, 5.74) is 7.59. The van der Waals surface area contributed by atoms with Crippen molar-refractivity contribution in [1.29, 1.82) is 0 Å². The quantitative estimate of drug-likeness (QED) is 0.827. The number of aliphatic hydroxyl groups excluding tert-OH is 1. The molecule has 5 nitrogen and oxygen atoms in total. The SMILES string of the molecule is NC(CO)c1ccc2nnc(C3CCC3)n2c1. The third kappa shape index (κ3) is 1.71. The van der Waals surface area contributed by atoms with Gasteiger partial charge in [0.25, 0.3) is 0 Å². The van der Waals surface area contributed by atoms with E-state index in [1.54, 1.807) is 0 Å². The van der Waals surface area contributed by atoms with Gasteiger partial charge in [-0.25, -0.2) is 0 Å². The first-order chi connectivity index (χ1) is 8.29. The second-order valence-corrected chi connectivity index (χ2v) is 4.67. The Morgan fingerprint density at radius 3 is 2.88 bits per heavy atom. The minimum atomic E-state index is -0.337. The van der Waals surface area contributed by atoms with Gasteiger partial charge in [-0.1, -0.05) is 12.5 Å². The predicted octanol–water partition coefficient (Wildman–Crippen LogP) is 0.989. The molecule has 3 rings (SSSR count). The van der Waals surface area contributed by atoms with Crippen LogP contribution in [0.2, 0.25) is 0 Å². The Bertz CT molecular complexity index is 532. The van der Waals surface area contributed by atoms with Gasteiger partial charge in [0, 0.05) is 12.1 Å². The lowest BCUT2D eigenvalue weighted by Crippen LogP contribution is -2.16. The van der Waals surface area contributed by atoms with Crippen LogP contribution < -0.4 is 5.73 Å². The molecule has 1 aliphatic carbocycles. The minimum absolute atomic E-state index is 0.0492. The normalized spacial score (nSPS) is 18.2. The number of aromatic nitrogens is 3. The summed E-state index contributed by atoms with van der Waals surface area (Å²) in [5.74, 6) is 1.56. The minimum Gasteiger partial charge on any atom is -0.394 e. The van der Waals surface area contributed by atoms with E-state index in [4.69, 9.17) is 10.8 Å². The molecule has 0 radical (unpaired) electrons. The van der Waals surface area contributed by atoms with Crippen LogP contribution in [0.15, 0.2) is 18.3 Å². The van der Waals surface area contributed by atoms with E-state index in [1.165, 1.54) is 19.3 Å². The van der Waals surface area contributed by atoms with E-state index in [-0.39, 0.29) is 12.6 Å². The molecule has 0 bridgehead atoms. The Kier molecular flexibility index (Phi) is 2.57. The third-order valence-electron chi connectivity index (χ3n) is 3.55. The van der Waals surface area contributed by atoms with E-state index in [2.05, 4.69) is 10.2 Å². The molecule has 1 unspecified atom stereocenters. The van der Waals surface area contributed by atoms with Gasteiger partial charge < -0.3 is 10.8 Å². The fourth-order valence-electron chi connectivity index (χ4n) is 2.19. The summed E-state index contributed by atoms with van der Waals surface area (Å²) in [6.07, 6.45) is 5.60. The van der Waals surface area contributed by atoms with Crippen molar-refractivity contribution < 1.29 is 5.11 Å². The van der Waals surface area contributed by atoms with Crippen molar-refractivity contribution in [3.63, 3.8) is 0 Å². The van der Waals surface area contributed by atoms with Gasteiger partial charge in [0.05, 0.1) is 12.6 Å². The molecule has 0 aliphatic heterocycles. The summed E-state index contributed by atoms with van der Waals surface area (Å²) in [4.78, 5) is 0. The maximum Gasteiger partial charge on any atom is 0.160 e. The molecular formula is C12H16N4O. The van der Waals surface area contributed by atoms with Crippen molar-refractivity contribution in [2.75, 3.05) is 6.61 Å². The number of aliphatic hydroxyl groups is 1. The van der Waals surface area contributed by atoms with Crippen LogP contribution in [0.5, 0.6) is 0 Å². The number of pyridine rings is 1. The zero-order valence-electron chi connectivity index (χ0n) is 9.58. The van der Waals surface area contributed by atoms with Gasteiger partial charge in [0.15, 0.2) is 5.65 Å². The highest BCUT2D eigenvalue weighted by Crippen LogP contribution is 2.35. The third-order valence-corrected chi connectivity index (χ3v) is 3.55. The fourth-order valence-corrected chi connectivity index (χ4v) is 2.19. The number of hydrogen-bond acceptors (Lipinski definition) is 4. The molecule has 2 aromatic rings. The molecule has 1 fully saturated rings. The molecule has 3 N–H and O–H groups in total. The first-order valence-electron chi connectivity index (χ1n) is 6.00. The first kappa shape index (κ1) is 10.7. The molecule has 90 valence electrons. The maximum absolute atomic E-state index is 9.08. The zero-order chi connectivity index (χ0) is 11.8. The van der Waals surface area contributed by atoms with Gasteiger partial charge >= 0.3 is 0 Å². The van der Waals surface area contributed by atoms with Gasteiger partial charge in [-0.05, 0) is 24.5 Å². The predicted molar refractivity (Wildman–Crippen MR) is 63.6 cm³/mol. The summed E-state index contributed by atoms with van der Waals surface area (Å²) in [7, 11) is 0. The second kappa shape index (κ2) is 4.09. The number of nitrogens with two attached hydrogens (primary N) is 1. The zero-order valence-corrected chi connectivity index (χ0v) is 9.58. The Morgan fingerprint density at radius 1 is 1.41 bits per heavy atom. The van der Waals surface area contributed by atoms with Gasteiger partial charge in [0.2, 0.25) is 0 Å². The average molecular weight is 232 g/mol. The van der Waals surface area contributed by atoms with Crippen molar-refractivity contribution in [2.24, 2.45) is 5.73 Å². The van der Waals surface area contributed by atoms with Gasteiger partial charge in [-0.3, -0.25) is 4.40 Å². The molecule has 0 saturated heterocycles. The molecule has 0 spiro atoms. The van der Waals surface area contributed by atoms with Crippen LogP contribution in [0.3, 0.4) is 0 Å². The number of nitrogens with zero attached hydrogens (tertiary/aromatic N) is 3. The van der Waals surface area contributed by atoms with Crippen molar-refractivity contribution >= 4 is 5.65 Å². The number of fused-ring (bicyclic) bond motifs is 1. The van der Waals surface area contributed by atoms with Crippen molar-refractivity contribution in [3.05, 3.63) is 29.7 Å². The summed E-state index contributed by atoms with van der Waals surface area (Å²) in [6, 6.07) is 3.46. The molecule has 2 aromatic heterocycles. The first-order valence-corrected chi connectivity index (χ1v) is 6.00. The Labute approximate surface area is 99.3 Å². The monoisotopic (exact) mass is 232 g/mol. The summed E-state index contributed by atoms with van der Waals surface area (Å²) in [6.45, 7) is -0.0492. The highest BCUT2D eigenvalue weighted by Gasteiger charge is 2.24. The lowest BCUT2D eigenvalue weighted by Gasteiger charge is -2.23. The molecule has 1 saturated carbocycles. The molecule has 1 aliphatic rings. The largest absolute Gasteiger partial charge is 0.394 e. The Hall–Kier alpha value is -1.46. The van der Waals surface area contributed by atoms with Crippen molar-refractivity contribution in [1.82, 2.24) is 14.6 Å². The Morgan fingerprint density at radius 2 is 2.24 bits per heavy atom. The molecule has 5 heteroatoms. The summed E-state index contributed by atoms with van der Waals surface area (Å²) < 4.78 is 2.01. The highest BCUT2D eigenvalue weighted by molar-refractivity contribution is 5.40. The van der Waals surface area contributed by atoms with Crippen molar-refractivity contribution in [2.45, 2.75) is 31.2 Å². The van der Waals surface area contributed by atoms with Crippen LogP contribution in [0.1, 0.15) is 42.6 Å². The van der Waals surface area contributed by atoms with Crippen LogP contribution in [0.25, 0.3) is 5.65 Å². The van der Waals surface area contributed by atoms with Gasteiger partial charge in [-0.2, -0.15) is 0 Å². The molecular weight excluding hydrogens is 216 g/mol. The standard InChI is InChI=1S/C12H16N4O/c13-10(7-17)9-4-5-11-14-15-12(16(11)6-9)8-2-1-3-8/h4-6,8,10,17H,1-3,7,13H2. The van der Waals surface area contributed by atoms with Gasteiger partial charge in [-0.15, -0.1) is 10.2 Å². The van der Waals surface area contributed by atoms with E-state index < -0.39 is 0 Å². The van der Waals surface area contributed by atoms with Crippen LogP contribution in [0.4, 0.5) is 0 Å². The number of hydrogen-bond donors (Lipinski definition) is 2. The van der Waals surface area contributed by atoms with E-state index >= 15 is 0 Å². The van der Waals surface area contributed by atoms with Crippen LogP contribution in [-0.2, 0) is 0 Å². The van der Waals surface area contributed by atoms with Crippen LogP contribution >= 0.6 is 0 Å². The highest BCUT2D eigenvalue weighted by atomic mass is 16.3. The van der Waals surface area contributed by atoms with E-state index in [1.807, 2.05) is 22.7 Å². The molecule has 1 atom stereocenters. The average Bonchev–Trinajstić information content (AvgIpc) is 2.69. The molecule has 2 heterocycles. The maximum atomic E-state index is 9.08.